The van der Waals surface area contributed by atoms with Crippen molar-refractivity contribution >= 4 is 8.80 Å². The van der Waals surface area contributed by atoms with Gasteiger partial charge in [-0.3, -0.25) is 0 Å². The van der Waals surface area contributed by atoms with Crippen molar-refractivity contribution in [2.75, 3.05) is 38.5 Å². The molecule has 2 fully saturated rings. The highest BCUT2D eigenvalue weighted by Gasteiger charge is 2.18. The Morgan fingerprint density at radius 1 is 0.700 bits per heavy atom. The van der Waals surface area contributed by atoms with Crippen molar-refractivity contribution in [3.8, 4) is 0 Å². The lowest BCUT2D eigenvalue weighted by Gasteiger charge is -2.28. The quantitative estimate of drug-likeness (QED) is 0.719. The number of allylic oxidation sites excluding steroid dienone is 1. The van der Waals surface area contributed by atoms with Crippen molar-refractivity contribution in [3.05, 3.63) is 11.8 Å². The largest absolute Gasteiger partial charge is 0.306 e. The van der Waals surface area contributed by atoms with Crippen molar-refractivity contribution in [2.24, 2.45) is 0 Å². The summed E-state index contributed by atoms with van der Waals surface area (Å²) in [5.41, 5.74) is 2.59. The summed E-state index contributed by atoms with van der Waals surface area (Å²) in [5, 5.41) is 0. The fraction of sp³-hybridized carbons (Fsp3) is 0.882. The standard InChI is InChI=1S/C17H34N2Si/c1-2-15-20(16-18-11-7-3-4-8-12-18)17-19-13-9-5-6-10-14-19/h2,15,20H,3-14,16-17H2,1H3. The molecule has 3 heteroatoms. The summed E-state index contributed by atoms with van der Waals surface area (Å²) in [6.45, 7) is 7.66. The first-order valence-corrected chi connectivity index (χ1v) is 11.3. The molecule has 0 bridgehead atoms. The van der Waals surface area contributed by atoms with E-state index in [1.165, 1.54) is 89.9 Å². The molecule has 0 unspecified atom stereocenters. The zero-order chi connectivity index (χ0) is 14.0. The molecule has 2 nitrogen and oxygen atoms in total. The molecular weight excluding hydrogens is 260 g/mol. The van der Waals surface area contributed by atoms with Gasteiger partial charge in [0.15, 0.2) is 0 Å². The minimum Gasteiger partial charge on any atom is -0.306 e. The molecule has 2 aliphatic rings. The average Bonchev–Trinajstić information content (AvgIpc) is 2.84. The SMILES string of the molecule is CC=C[SiH](CN1CCCCCC1)CN1CCCCCC1. The first-order valence-electron chi connectivity index (χ1n) is 8.96. The second-order valence-corrected chi connectivity index (χ2v) is 9.35. The van der Waals surface area contributed by atoms with Crippen molar-refractivity contribution in [1.82, 2.24) is 9.80 Å². The predicted octanol–water partition coefficient (Wildman–Crippen LogP) is 3.16. The summed E-state index contributed by atoms with van der Waals surface area (Å²) in [4.78, 5) is 5.56. The number of hydrogen-bond acceptors (Lipinski definition) is 2. The van der Waals surface area contributed by atoms with Crippen LogP contribution in [0.15, 0.2) is 11.8 Å². The van der Waals surface area contributed by atoms with Crippen molar-refractivity contribution < 1.29 is 0 Å². The van der Waals surface area contributed by atoms with E-state index in [-0.39, 0.29) is 0 Å². The topological polar surface area (TPSA) is 6.48 Å². The van der Waals surface area contributed by atoms with E-state index < -0.39 is 8.80 Å². The second kappa shape index (κ2) is 9.75. The van der Waals surface area contributed by atoms with Gasteiger partial charge >= 0.3 is 0 Å². The molecule has 0 radical (unpaired) electrons. The molecule has 0 saturated carbocycles. The normalized spacial score (nSPS) is 24.1. The van der Waals surface area contributed by atoms with Gasteiger partial charge in [0.1, 0.15) is 0 Å². The summed E-state index contributed by atoms with van der Waals surface area (Å²) >= 11 is 0. The Hall–Kier alpha value is -0.123. The van der Waals surface area contributed by atoms with Gasteiger partial charge in [0.05, 0.1) is 8.80 Å². The smallest absolute Gasteiger partial charge is 0.0907 e. The maximum Gasteiger partial charge on any atom is 0.0907 e. The monoisotopic (exact) mass is 294 g/mol. The van der Waals surface area contributed by atoms with Crippen LogP contribution in [0.1, 0.15) is 58.3 Å². The van der Waals surface area contributed by atoms with Crippen LogP contribution in [0, 0.1) is 0 Å². The van der Waals surface area contributed by atoms with E-state index in [0.717, 1.165) is 0 Å². The Balaban J connectivity index is 1.81. The van der Waals surface area contributed by atoms with Crippen LogP contribution in [0.3, 0.4) is 0 Å². The van der Waals surface area contributed by atoms with E-state index >= 15 is 0 Å². The van der Waals surface area contributed by atoms with Crippen molar-refractivity contribution in [3.63, 3.8) is 0 Å². The molecule has 0 aromatic carbocycles. The van der Waals surface area contributed by atoms with Crippen LogP contribution in [0.25, 0.3) is 0 Å². The van der Waals surface area contributed by atoms with Gasteiger partial charge in [-0.1, -0.05) is 37.5 Å². The van der Waals surface area contributed by atoms with Crippen molar-refractivity contribution in [1.29, 1.82) is 0 Å². The van der Waals surface area contributed by atoms with E-state index in [2.05, 4.69) is 28.5 Å². The molecule has 116 valence electrons. The molecule has 2 rings (SSSR count). The van der Waals surface area contributed by atoms with Crippen LogP contribution in [-0.4, -0.2) is 57.1 Å². The van der Waals surface area contributed by atoms with Crippen LogP contribution >= 0.6 is 0 Å². The fourth-order valence-electron chi connectivity index (χ4n) is 3.75. The van der Waals surface area contributed by atoms with Crippen LogP contribution in [0.2, 0.25) is 0 Å². The van der Waals surface area contributed by atoms with Gasteiger partial charge in [-0.05, 0) is 71.1 Å². The highest BCUT2D eigenvalue weighted by molar-refractivity contribution is 6.64. The van der Waals surface area contributed by atoms with Gasteiger partial charge < -0.3 is 9.80 Å². The van der Waals surface area contributed by atoms with Crippen LogP contribution in [-0.2, 0) is 0 Å². The summed E-state index contributed by atoms with van der Waals surface area (Å²) < 4.78 is 0. The highest BCUT2D eigenvalue weighted by Crippen LogP contribution is 2.12. The van der Waals surface area contributed by atoms with Gasteiger partial charge in [0, 0.05) is 0 Å². The summed E-state index contributed by atoms with van der Waals surface area (Å²) in [7, 11) is -0.749. The Morgan fingerprint density at radius 2 is 1.10 bits per heavy atom. The first kappa shape index (κ1) is 16.3. The molecule has 2 saturated heterocycles. The molecule has 0 N–H and O–H groups in total. The van der Waals surface area contributed by atoms with E-state index in [9.17, 15) is 0 Å². The molecule has 2 aliphatic heterocycles. The zero-order valence-corrected chi connectivity index (χ0v) is 14.7. The van der Waals surface area contributed by atoms with Gasteiger partial charge in [-0.25, -0.2) is 0 Å². The van der Waals surface area contributed by atoms with Crippen LogP contribution in [0.4, 0.5) is 0 Å². The van der Waals surface area contributed by atoms with E-state index in [4.69, 9.17) is 0 Å². The maximum absolute atomic E-state index is 2.78. The number of nitrogens with zero attached hydrogens (tertiary/aromatic N) is 2. The minimum absolute atomic E-state index is 0.749. The van der Waals surface area contributed by atoms with Crippen molar-refractivity contribution in [2.45, 2.75) is 58.3 Å². The second-order valence-electron chi connectivity index (χ2n) is 6.72. The molecule has 0 amide bonds. The number of hydrogen-bond donors (Lipinski definition) is 0. The van der Waals surface area contributed by atoms with Crippen LogP contribution in [0.5, 0.6) is 0 Å². The van der Waals surface area contributed by atoms with Gasteiger partial charge in [0.25, 0.3) is 0 Å². The van der Waals surface area contributed by atoms with E-state index in [0.29, 0.717) is 0 Å². The summed E-state index contributed by atoms with van der Waals surface area (Å²) in [5.74, 6) is 0. The minimum atomic E-state index is -0.749. The molecule has 0 aromatic heterocycles. The lowest BCUT2D eigenvalue weighted by molar-refractivity contribution is 0.309. The third-order valence-corrected chi connectivity index (χ3v) is 7.75. The molecule has 0 spiro atoms. The van der Waals surface area contributed by atoms with Crippen LogP contribution < -0.4 is 0 Å². The molecule has 0 aliphatic carbocycles. The Labute approximate surface area is 127 Å². The molecule has 20 heavy (non-hydrogen) atoms. The molecule has 0 atom stereocenters. The Kier molecular flexibility index (Phi) is 7.92. The molecule has 0 aromatic rings. The van der Waals surface area contributed by atoms with E-state index in [1.54, 1.807) is 0 Å². The van der Waals surface area contributed by atoms with E-state index in [1.807, 2.05) is 0 Å². The average molecular weight is 295 g/mol. The maximum atomic E-state index is 2.78. The molecular formula is C17H34N2Si. The lowest BCUT2D eigenvalue weighted by Crippen LogP contribution is -2.43. The third kappa shape index (κ3) is 6.11. The number of rotatable bonds is 5. The molecule has 2 heterocycles. The highest BCUT2D eigenvalue weighted by atomic mass is 28.3. The predicted molar refractivity (Wildman–Crippen MR) is 91.8 cm³/mol. The fourth-order valence-corrected chi connectivity index (χ4v) is 6.71. The van der Waals surface area contributed by atoms with Gasteiger partial charge in [-0.2, -0.15) is 0 Å². The lowest BCUT2D eigenvalue weighted by atomic mass is 10.2. The third-order valence-electron chi connectivity index (χ3n) is 4.85. The Morgan fingerprint density at radius 3 is 1.45 bits per heavy atom. The van der Waals surface area contributed by atoms with Gasteiger partial charge in [-0.15, -0.1) is 0 Å². The summed E-state index contributed by atoms with van der Waals surface area (Å²) in [6, 6.07) is 0. The Bertz CT molecular complexity index is 242. The first-order chi connectivity index (χ1) is 9.88. The zero-order valence-electron chi connectivity index (χ0n) is 13.5. The summed E-state index contributed by atoms with van der Waals surface area (Å²) in [6.07, 6.45) is 16.7. The van der Waals surface area contributed by atoms with Gasteiger partial charge in [0.2, 0.25) is 0 Å². The number of likely N-dealkylation sites (tertiary alicyclic amines) is 2.